The molecular formula is C22H18ClFN6. The molecule has 1 aromatic carbocycles. The van der Waals surface area contributed by atoms with E-state index in [4.69, 9.17) is 21.6 Å². The van der Waals surface area contributed by atoms with Crippen LogP contribution in [0, 0.1) is 5.82 Å². The summed E-state index contributed by atoms with van der Waals surface area (Å²) in [6.45, 7) is 1.93. The van der Waals surface area contributed by atoms with Crippen molar-refractivity contribution in [3.05, 3.63) is 65.7 Å². The highest BCUT2D eigenvalue weighted by Gasteiger charge is 2.38. The number of nitrogens with zero attached hydrogens (tertiary/aromatic N) is 5. The van der Waals surface area contributed by atoms with Crippen molar-refractivity contribution in [3.63, 3.8) is 0 Å². The number of aromatic nitrogens is 4. The number of pyridine rings is 2. The number of hydrogen-bond acceptors (Lipinski definition) is 5. The number of imidazole rings is 1. The summed E-state index contributed by atoms with van der Waals surface area (Å²) in [7, 11) is 0. The minimum absolute atomic E-state index is 0.336. The second kappa shape index (κ2) is 6.75. The van der Waals surface area contributed by atoms with Crippen molar-refractivity contribution in [3.8, 4) is 17.1 Å². The molecule has 2 bridgehead atoms. The lowest BCUT2D eigenvalue weighted by molar-refractivity contribution is 0.577. The van der Waals surface area contributed by atoms with Gasteiger partial charge in [-0.3, -0.25) is 9.55 Å². The molecule has 2 saturated heterocycles. The molecule has 0 aliphatic carbocycles. The minimum Gasteiger partial charge on any atom is -0.351 e. The maximum Gasteiger partial charge on any atom is 0.167 e. The van der Waals surface area contributed by atoms with E-state index in [0.29, 0.717) is 39.7 Å². The van der Waals surface area contributed by atoms with Crippen LogP contribution < -0.4 is 10.2 Å². The van der Waals surface area contributed by atoms with E-state index >= 15 is 0 Å². The molecule has 30 heavy (non-hydrogen) atoms. The second-order valence-corrected chi connectivity index (χ2v) is 8.20. The lowest BCUT2D eigenvalue weighted by atomic mass is 10.2. The van der Waals surface area contributed by atoms with Crippen LogP contribution >= 0.6 is 11.6 Å². The average molecular weight is 421 g/mol. The molecule has 2 aliphatic heterocycles. The number of rotatable bonds is 3. The van der Waals surface area contributed by atoms with Gasteiger partial charge in [0.2, 0.25) is 0 Å². The van der Waals surface area contributed by atoms with Gasteiger partial charge in [0.1, 0.15) is 23.0 Å². The SMILES string of the molecule is Fc1ccc(Cl)cc1-c1nc2ccc(N3C[C@H]4C[C@@H]3CN4)nc2n1-c1ccncc1. The zero-order valence-electron chi connectivity index (χ0n) is 16.0. The molecule has 2 atom stereocenters. The number of fused-ring (bicyclic) bond motifs is 3. The average Bonchev–Trinajstić information content (AvgIpc) is 3.49. The number of anilines is 1. The van der Waals surface area contributed by atoms with E-state index in [2.05, 4.69) is 15.2 Å². The van der Waals surface area contributed by atoms with Crippen molar-refractivity contribution >= 4 is 28.6 Å². The Kier molecular flexibility index (Phi) is 4.01. The monoisotopic (exact) mass is 420 g/mol. The highest BCUT2D eigenvalue weighted by atomic mass is 35.5. The molecule has 2 fully saturated rings. The zero-order valence-corrected chi connectivity index (χ0v) is 16.7. The van der Waals surface area contributed by atoms with Crippen LogP contribution in [0.3, 0.4) is 0 Å². The normalized spacial score (nSPS) is 20.4. The Labute approximate surface area is 177 Å². The molecule has 0 unspecified atom stereocenters. The summed E-state index contributed by atoms with van der Waals surface area (Å²) in [4.78, 5) is 16.2. The van der Waals surface area contributed by atoms with Crippen molar-refractivity contribution in [1.82, 2.24) is 24.8 Å². The number of hydrogen-bond donors (Lipinski definition) is 1. The van der Waals surface area contributed by atoms with Crippen LogP contribution in [0.15, 0.2) is 54.9 Å². The van der Waals surface area contributed by atoms with E-state index in [1.54, 1.807) is 18.5 Å². The Morgan fingerprint density at radius 2 is 1.93 bits per heavy atom. The zero-order chi connectivity index (χ0) is 20.2. The molecule has 0 saturated carbocycles. The maximum atomic E-state index is 14.7. The van der Waals surface area contributed by atoms with Gasteiger partial charge in [0.05, 0.1) is 11.3 Å². The van der Waals surface area contributed by atoms with E-state index in [1.165, 1.54) is 12.1 Å². The third kappa shape index (κ3) is 2.77. The van der Waals surface area contributed by atoms with Gasteiger partial charge in [0.25, 0.3) is 0 Å². The molecule has 6 nitrogen and oxygen atoms in total. The molecule has 1 N–H and O–H groups in total. The predicted octanol–water partition coefficient (Wildman–Crippen LogP) is 3.83. The van der Waals surface area contributed by atoms with Gasteiger partial charge in [-0.1, -0.05) is 11.6 Å². The van der Waals surface area contributed by atoms with Crippen molar-refractivity contribution in [2.75, 3.05) is 18.0 Å². The van der Waals surface area contributed by atoms with E-state index < -0.39 is 0 Å². The Balaban J connectivity index is 1.58. The largest absolute Gasteiger partial charge is 0.351 e. The topological polar surface area (TPSA) is 58.9 Å². The van der Waals surface area contributed by atoms with Crippen LogP contribution in [0.25, 0.3) is 28.2 Å². The first-order valence-corrected chi connectivity index (χ1v) is 10.3. The maximum absolute atomic E-state index is 14.7. The lowest BCUT2D eigenvalue weighted by Crippen LogP contribution is -2.44. The standard InChI is InChI=1S/C22H18ClFN6/c23-13-1-2-18(24)17(9-13)21-27-19-3-4-20(29-12-14-10-16(29)11-26-14)28-22(19)30(21)15-5-7-25-8-6-15/h1-9,14,16,26H,10-12H2/t14-,16-/m1/s1. The van der Waals surface area contributed by atoms with E-state index in [9.17, 15) is 4.39 Å². The summed E-state index contributed by atoms with van der Waals surface area (Å²) in [6.07, 6.45) is 4.55. The number of benzene rings is 1. The smallest absolute Gasteiger partial charge is 0.167 e. The lowest BCUT2D eigenvalue weighted by Gasteiger charge is -2.28. The Morgan fingerprint density at radius 3 is 2.70 bits per heavy atom. The van der Waals surface area contributed by atoms with Gasteiger partial charge in [0.15, 0.2) is 5.65 Å². The third-order valence-electron chi connectivity index (χ3n) is 5.93. The molecule has 5 heterocycles. The minimum atomic E-state index is -0.381. The summed E-state index contributed by atoms with van der Waals surface area (Å²) in [5.74, 6) is 1.00. The van der Waals surface area contributed by atoms with E-state index in [1.807, 2.05) is 28.8 Å². The quantitative estimate of drug-likeness (QED) is 0.546. The Hall–Kier alpha value is -3.03. The highest BCUT2D eigenvalue weighted by molar-refractivity contribution is 6.30. The predicted molar refractivity (Wildman–Crippen MR) is 115 cm³/mol. The molecule has 0 spiro atoms. The van der Waals surface area contributed by atoms with Crippen LogP contribution in [-0.2, 0) is 0 Å². The first kappa shape index (κ1) is 17.8. The second-order valence-electron chi connectivity index (χ2n) is 7.76. The highest BCUT2D eigenvalue weighted by Crippen LogP contribution is 2.34. The van der Waals surface area contributed by atoms with Crippen molar-refractivity contribution in [1.29, 1.82) is 0 Å². The molecule has 0 amide bonds. The first-order chi connectivity index (χ1) is 14.7. The van der Waals surface area contributed by atoms with E-state index in [0.717, 1.165) is 31.0 Å². The Morgan fingerprint density at radius 1 is 1.07 bits per heavy atom. The molecule has 6 rings (SSSR count). The molecule has 8 heteroatoms. The van der Waals surface area contributed by atoms with Crippen molar-refractivity contribution in [2.24, 2.45) is 0 Å². The molecule has 0 radical (unpaired) electrons. The van der Waals surface area contributed by atoms with Gasteiger partial charge in [-0.15, -0.1) is 0 Å². The summed E-state index contributed by atoms with van der Waals surface area (Å²) in [5.41, 5.74) is 2.54. The van der Waals surface area contributed by atoms with Crippen LogP contribution in [0.2, 0.25) is 5.02 Å². The van der Waals surface area contributed by atoms with Crippen LogP contribution in [-0.4, -0.2) is 44.7 Å². The molecule has 3 aromatic heterocycles. The van der Waals surface area contributed by atoms with E-state index in [-0.39, 0.29) is 5.82 Å². The molecule has 150 valence electrons. The summed E-state index contributed by atoms with van der Waals surface area (Å²) < 4.78 is 16.6. The number of piperazine rings is 1. The van der Waals surface area contributed by atoms with Gasteiger partial charge in [-0.2, -0.15) is 0 Å². The molecule has 2 aliphatic rings. The van der Waals surface area contributed by atoms with Crippen molar-refractivity contribution < 1.29 is 4.39 Å². The molecular weight excluding hydrogens is 403 g/mol. The Bertz CT molecular complexity index is 1260. The summed E-state index contributed by atoms with van der Waals surface area (Å²) >= 11 is 6.17. The summed E-state index contributed by atoms with van der Waals surface area (Å²) in [5, 5.41) is 3.97. The molecule has 4 aromatic rings. The summed E-state index contributed by atoms with van der Waals surface area (Å²) in [6, 6.07) is 13.2. The fourth-order valence-corrected chi connectivity index (χ4v) is 4.71. The van der Waals surface area contributed by atoms with Crippen LogP contribution in [0.1, 0.15) is 6.42 Å². The van der Waals surface area contributed by atoms with Crippen LogP contribution in [0.5, 0.6) is 0 Å². The van der Waals surface area contributed by atoms with Gasteiger partial charge in [0, 0.05) is 42.6 Å². The van der Waals surface area contributed by atoms with Gasteiger partial charge in [-0.05, 0) is 48.9 Å². The third-order valence-corrected chi connectivity index (χ3v) is 6.17. The van der Waals surface area contributed by atoms with Crippen molar-refractivity contribution in [2.45, 2.75) is 18.5 Å². The number of halogens is 2. The van der Waals surface area contributed by atoms with Gasteiger partial charge < -0.3 is 10.2 Å². The number of nitrogens with one attached hydrogen (secondary N) is 1. The fraction of sp³-hybridized carbons (Fsp3) is 0.227. The van der Waals surface area contributed by atoms with Gasteiger partial charge in [-0.25, -0.2) is 14.4 Å². The first-order valence-electron chi connectivity index (χ1n) is 9.93. The fourth-order valence-electron chi connectivity index (χ4n) is 4.54. The van der Waals surface area contributed by atoms with Gasteiger partial charge >= 0.3 is 0 Å². The van der Waals surface area contributed by atoms with Crippen LogP contribution in [0.4, 0.5) is 10.2 Å².